The maximum Gasteiger partial charge on any atom is 0.119 e. The molecule has 0 aliphatic rings. The largest absolute Gasteiger partial charge is 0.497 e. The van der Waals surface area contributed by atoms with Crippen molar-refractivity contribution in [1.82, 2.24) is 4.98 Å². The topological polar surface area (TPSA) is 22.1 Å². The van der Waals surface area contributed by atoms with E-state index in [0.717, 1.165) is 17.0 Å². The van der Waals surface area contributed by atoms with Crippen LogP contribution in [-0.4, -0.2) is 12.1 Å². The van der Waals surface area contributed by atoms with E-state index in [1.165, 1.54) is 5.56 Å². The van der Waals surface area contributed by atoms with Crippen molar-refractivity contribution < 1.29 is 4.74 Å². The summed E-state index contributed by atoms with van der Waals surface area (Å²) < 4.78 is 5.21. The molecule has 1 aromatic heterocycles. The highest BCUT2D eigenvalue weighted by molar-refractivity contribution is 5.61. The molecule has 88 valence electrons. The Morgan fingerprint density at radius 3 is 2.53 bits per heavy atom. The predicted octanol–water partition coefficient (Wildman–Crippen LogP) is 3.88. The van der Waals surface area contributed by atoms with Gasteiger partial charge in [0.15, 0.2) is 0 Å². The van der Waals surface area contributed by atoms with Gasteiger partial charge < -0.3 is 4.74 Å². The second-order valence-electron chi connectivity index (χ2n) is 4.36. The molecule has 0 aliphatic heterocycles. The van der Waals surface area contributed by atoms with Crippen LogP contribution in [0.1, 0.15) is 25.3 Å². The third-order valence-electron chi connectivity index (χ3n) is 2.82. The molecule has 2 nitrogen and oxygen atoms in total. The molecule has 17 heavy (non-hydrogen) atoms. The van der Waals surface area contributed by atoms with E-state index in [1.807, 2.05) is 30.5 Å². The van der Waals surface area contributed by atoms with E-state index in [1.54, 1.807) is 7.11 Å². The molecule has 1 heterocycles. The summed E-state index contributed by atoms with van der Waals surface area (Å²) in [6, 6.07) is 12.1. The fourth-order valence-corrected chi connectivity index (χ4v) is 1.70. The molecule has 0 N–H and O–H groups in total. The van der Waals surface area contributed by atoms with E-state index in [4.69, 9.17) is 4.74 Å². The Morgan fingerprint density at radius 1 is 1.12 bits per heavy atom. The summed E-state index contributed by atoms with van der Waals surface area (Å²) in [4.78, 5) is 4.49. The minimum Gasteiger partial charge on any atom is -0.497 e. The Kier molecular flexibility index (Phi) is 3.43. The lowest BCUT2D eigenvalue weighted by molar-refractivity contribution is 0.415. The molecule has 0 radical (unpaired) electrons. The molecule has 0 fully saturated rings. The highest BCUT2D eigenvalue weighted by Crippen LogP contribution is 2.23. The van der Waals surface area contributed by atoms with Crippen molar-refractivity contribution in [1.29, 1.82) is 0 Å². The summed E-state index contributed by atoms with van der Waals surface area (Å²) in [6.07, 6.45) is 1.94. The van der Waals surface area contributed by atoms with Gasteiger partial charge in [-0.3, -0.25) is 4.98 Å². The van der Waals surface area contributed by atoms with Crippen LogP contribution >= 0.6 is 0 Å². The van der Waals surface area contributed by atoms with Crippen LogP contribution in [0.15, 0.2) is 42.6 Å². The van der Waals surface area contributed by atoms with Gasteiger partial charge in [-0.1, -0.05) is 32.0 Å². The molecule has 0 aliphatic carbocycles. The summed E-state index contributed by atoms with van der Waals surface area (Å²) in [5.74, 6) is 1.37. The maximum absolute atomic E-state index is 5.21. The van der Waals surface area contributed by atoms with Crippen LogP contribution in [0.5, 0.6) is 5.75 Å². The van der Waals surface area contributed by atoms with Crippen molar-refractivity contribution in [3.63, 3.8) is 0 Å². The third-order valence-corrected chi connectivity index (χ3v) is 2.82. The lowest BCUT2D eigenvalue weighted by atomic mass is 10.0. The van der Waals surface area contributed by atoms with E-state index >= 15 is 0 Å². The van der Waals surface area contributed by atoms with E-state index in [-0.39, 0.29) is 0 Å². The van der Waals surface area contributed by atoms with Gasteiger partial charge in [-0.2, -0.15) is 0 Å². The smallest absolute Gasteiger partial charge is 0.119 e. The monoisotopic (exact) mass is 227 g/mol. The minimum atomic E-state index is 0.516. The molecular formula is C15H17NO. The van der Waals surface area contributed by atoms with Gasteiger partial charge in [0.05, 0.1) is 12.8 Å². The second kappa shape index (κ2) is 5.00. The summed E-state index contributed by atoms with van der Waals surface area (Å²) in [5.41, 5.74) is 3.32. The number of methoxy groups -OCH3 is 1. The number of nitrogens with zero attached hydrogens (tertiary/aromatic N) is 1. The fourth-order valence-electron chi connectivity index (χ4n) is 1.70. The molecule has 2 heteroatoms. The Bertz CT molecular complexity index is 489. The van der Waals surface area contributed by atoms with Crippen molar-refractivity contribution in [2.75, 3.05) is 7.11 Å². The van der Waals surface area contributed by atoms with Crippen LogP contribution in [0.2, 0.25) is 0 Å². The van der Waals surface area contributed by atoms with Crippen molar-refractivity contribution in [2.45, 2.75) is 19.8 Å². The average molecular weight is 227 g/mol. The van der Waals surface area contributed by atoms with E-state index < -0.39 is 0 Å². The minimum absolute atomic E-state index is 0.516. The molecule has 0 unspecified atom stereocenters. The lowest BCUT2D eigenvalue weighted by Crippen LogP contribution is -1.90. The molecule has 0 bridgehead atoms. The third kappa shape index (κ3) is 2.64. The van der Waals surface area contributed by atoms with Gasteiger partial charge in [0.1, 0.15) is 5.75 Å². The number of ether oxygens (including phenoxy) is 1. The molecular weight excluding hydrogens is 210 g/mol. The second-order valence-corrected chi connectivity index (χ2v) is 4.36. The molecule has 0 spiro atoms. The summed E-state index contributed by atoms with van der Waals surface area (Å²) >= 11 is 0. The van der Waals surface area contributed by atoms with Crippen LogP contribution in [-0.2, 0) is 0 Å². The van der Waals surface area contributed by atoms with Crippen molar-refractivity contribution in [3.8, 4) is 17.0 Å². The van der Waals surface area contributed by atoms with E-state index in [2.05, 4.69) is 31.0 Å². The van der Waals surface area contributed by atoms with Gasteiger partial charge in [0.25, 0.3) is 0 Å². The van der Waals surface area contributed by atoms with Gasteiger partial charge in [0.2, 0.25) is 0 Å². The highest BCUT2D eigenvalue weighted by Gasteiger charge is 2.03. The molecule has 0 saturated heterocycles. The summed E-state index contributed by atoms with van der Waals surface area (Å²) in [6.45, 7) is 4.34. The number of aromatic nitrogens is 1. The zero-order chi connectivity index (χ0) is 12.3. The summed E-state index contributed by atoms with van der Waals surface area (Å²) in [7, 11) is 1.68. The molecule has 0 amide bonds. The van der Waals surface area contributed by atoms with Gasteiger partial charge >= 0.3 is 0 Å². The molecule has 0 atom stereocenters. The maximum atomic E-state index is 5.21. The first-order valence-electron chi connectivity index (χ1n) is 5.81. The molecule has 2 aromatic rings. The van der Waals surface area contributed by atoms with Gasteiger partial charge in [0, 0.05) is 11.8 Å². The zero-order valence-electron chi connectivity index (χ0n) is 10.5. The van der Waals surface area contributed by atoms with Crippen molar-refractivity contribution >= 4 is 0 Å². The van der Waals surface area contributed by atoms with E-state index in [9.17, 15) is 0 Å². The first-order valence-corrected chi connectivity index (χ1v) is 5.81. The Morgan fingerprint density at radius 2 is 1.94 bits per heavy atom. The fraction of sp³-hybridized carbons (Fsp3) is 0.267. The number of hydrogen-bond acceptors (Lipinski definition) is 2. The van der Waals surface area contributed by atoms with E-state index in [0.29, 0.717) is 5.92 Å². The number of pyridine rings is 1. The quantitative estimate of drug-likeness (QED) is 0.793. The van der Waals surface area contributed by atoms with Crippen molar-refractivity contribution in [2.24, 2.45) is 0 Å². The first-order chi connectivity index (χ1) is 8.20. The predicted molar refractivity (Wildman–Crippen MR) is 70.3 cm³/mol. The number of hydrogen-bond donors (Lipinski definition) is 0. The normalized spacial score (nSPS) is 10.6. The first kappa shape index (κ1) is 11.6. The Hall–Kier alpha value is -1.83. The average Bonchev–Trinajstić information content (AvgIpc) is 2.39. The lowest BCUT2D eigenvalue weighted by Gasteiger charge is -2.07. The van der Waals surface area contributed by atoms with Crippen LogP contribution in [0.3, 0.4) is 0 Å². The molecule has 0 saturated carbocycles. The number of rotatable bonds is 3. The Balaban J connectivity index is 2.32. The summed E-state index contributed by atoms with van der Waals surface area (Å²) in [5, 5.41) is 0. The zero-order valence-corrected chi connectivity index (χ0v) is 10.5. The molecule has 2 rings (SSSR count). The van der Waals surface area contributed by atoms with Crippen LogP contribution < -0.4 is 4.74 Å². The van der Waals surface area contributed by atoms with Gasteiger partial charge in [-0.15, -0.1) is 0 Å². The number of benzene rings is 1. The molecule has 1 aromatic carbocycles. The highest BCUT2D eigenvalue weighted by atomic mass is 16.5. The Labute approximate surface area is 102 Å². The van der Waals surface area contributed by atoms with Gasteiger partial charge in [-0.25, -0.2) is 0 Å². The SMILES string of the molecule is COc1cccc(-c2ccc(C(C)C)cn2)c1. The van der Waals surface area contributed by atoms with Crippen LogP contribution in [0, 0.1) is 0 Å². The van der Waals surface area contributed by atoms with Crippen molar-refractivity contribution in [3.05, 3.63) is 48.2 Å². The standard InChI is InChI=1S/C15H17NO/c1-11(2)13-7-8-15(16-10-13)12-5-4-6-14(9-12)17-3/h4-11H,1-3H3. The van der Waals surface area contributed by atoms with Crippen LogP contribution in [0.4, 0.5) is 0 Å². The van der Waals surface area contributed by atoms with Gasteiger partial charge in [-0.05, 0) is 29.7 Å². The van der Waals surface area contributed by atoms with Crippen LogP contribution in [0.25, 0.3) is 11.3 Å².